The summed E-state index contributed by atoms with van der Waals surface area (Å²) in [5.74, 6) is 0.214. The number of benzene rings is 4. The molecular formula is C27H25N3O4S. The van der Waals surface area contributed by atoms with Gasteiger partial charge in [-0.3, -0.25) is 20.4 Å². The summed E-state index contributed by atoms with van der Waals surface area (Å²) in [5, 5.41) is 2.19. The lowest BCUT2D eigenvalue weighted by molar-refractivity contribution is 0.0942. The van der Waals surface area contributed by atoms with E-state index in [2.05, 4.69) is 22.2 Å². The summed E-state index contributed by atoms with van der Waals surface area (Å²) in [6.07, 6.45) is 0. The van der Waals surface area contributed by atoms with E-state index >= 15 is 0 Å². The third kappa shape index (κ3) is 5.80. The van der Waals surface area contributed by atoms with Crippen LogP contribution in [0, 0.1) is 0 Å². The molecule has 8 heteroatoms. The van der Waals surface area contributed by atoms with Crippen LogP contribution in [0.25, 0.3) is 16.5 Å². The number of hydrogen-bond acceptors (Lipinski definition) is 5. The van der Waals surface area contributed by atoms with Crippen molar-refractivity contribution in [1.29, 1.82) is 0 Å². The molecule has 0 aliphatic carbocycles. The second-order valence-corrected chi connectivity index (χ2v) is 9.39. The van der Waals surface area contributed by atoms with Crippen LogP contribution < -0.4 is 20.3 Å². The van der Waals surface area contributed by atoms with E-state index in [9.17, 15) is 13.2 Å². The maximum atomic E-state index is 12.6. The van der Waals surface area contributed by atoms with Gasteiger partial charge in [-0.05, 0) is 77.9 Å². The van der Waals surface area contributed by atoms with Gasteiger partial charge in [-0.25, -0.2) is 8.42 Å². The highest BCUT2D eigenvalue weighted by Crippen LogP contribution is 2.21. The Morgan fingerprint density at radius 3 is 2.17 bits per heavy atom. The van der Waals surface area contributed by atoms with Gasteiger partial charge in [0.2, 0.25) is 0 Å². The lowest BCUT2D eigenvalue weighted by Crippen LogP contribution is -2.35. The topological polar surface area (TPSA) is 96.5 Å². The normalized spacial score (nSPS) is 11.0. The predicted molar refractivity (Wildman–Crippen MR) is 138 cm³/mol. The molecule has 35 heavy (non-hydrogen) atoms. The van der Waals surface area contributed by atoms with Gasteiger partial charge in [-0.1, -0.05) is 43.0 Å². The molecule has 4 aromatic rings. The molecule has 0 spiro atoms. The molecule has 1 amide bonds. The third-order valence-corrected chi connectivity index (χ3v) is 6.67. The molecule has 4 aromatic carbocycles. The summed E-state index contributed by atoms with van der Waals surface area (Å²) < 4.78 is 33.1. The van der Waals surface area contributed by atoms with Crippen molar-refractivity contribution in [3.05, 3.63) is 109 Å². The smallest absolute Gasteiger partial charge is 0.269 e. The number of carbonyl (C=O) groups is 1. The van der Waals surface area contributed by atoms with E-state index in [1.807, 2.05) is 49.4 Å². The van der Waals surface area contributed by atoms with Crippen LogP contribution in [0.1, 0.15) is 22.8 Å². The minimum Gasteiger partial charge on any atom is -0.494 e. The average Bonchev–Trinajstić information content (AvgIpc) is 2.87. The van der Waals surface area contributed by atoms with E-state index in [4.69, 9.17) is 4.74 Å². The van der Waals surface area contributed by atoms with Crippen LogP contribution in [-0.2, 0) is 10.0 Å². The molecular weight excluding hydrogens is 462 g/mol. The van der Waals surface area contributed by atoms with Gasteiger partial charge in [-0.2, -0.15) is 0 Å². The molecule has 0 aromatic heterocycles. The molecule has 7 nitrogen and oxygen atoms in total. The van der Waals surface area contributed by atoms with Gasteiger partial charge in [0.25, 0.3) is 15.9 Å². The highest BCUT2D eigenvalue weighted by Gasteiger charge is 2.15. The summed E-state index contributed by atoms with van der Waals surface area (Å²) in [4.78, 5) is 12.6. The highest BCUT2D eigenvalue weighted by molar-refractivity contribution is 7.92. The minimum absolute atomic E-state index is 0.110. The zero-order chi connectivity index (χ0) is 24.8. The SMILES string of the molecule is C=C(NNC(=O)c1ccc(NS(=O)(=O)c2ccc(OCC)cc2)cc1)c1ccc2ccccc2c1. The zero-order valence-corrected chi connectivity index (χ0v) is 19.9. The molecule has 0 saturated heterocycles. The number of fused-ring (bicyclic) bond motifs is 1. The van der Waals surface area contributed by atoms with Crippen LogP contribution in [0.15, 0.2) is 102 Å². The second-order valence-electron chi connectivity index (χ2n) is 7.71. The van der Waals surface area contributed by atoms with Crippen LogP contribution in [-0.4, -0.2) is 20.9 Å². The Balaban J connectivity index is 1.36. The Bertz CT molecular complexity index is 1460. The summed E-state index contributed by atoms with van der Waals surface area (Å²) in [6, 6.07) is 26.2. The monoisotopic (exact) mass is 487 g/mol. The van der Waals surface area contributed by atoms with Gasteiger partial charge in [0, 0.05) is 11.3 Å². The Morgan fingerprint density at radius 2 is 1.49 bits per heavy atom. The van der Waals surface area contributed by atoms with Crippen LogP contribution >= 0.6 is 0 Å². The number of carbonyl (C=O) groups excluding carboxylic acids is 1. The van der Waals surface area contributed by atoms with Gasteiger partial charge in [0.15, 0.2) is 0 Å². The predicted octanol–water partition coefficient (Wildman–Crippen LogP) is 4.94. The van der Waals surface area contributed by atoms with Gasteiger partial charge in [0.1, 0.15) is 5.75 Å². The maximum Gasteiger partial charge on any atom is 0.269 e. The van der Waals surface area contributed by atoms with Crippen molar-refractivity contribution >= 4 is 38.1 Å². The largest absolute Gasteiger partial charge is 0.494 e. The summed E-state index contributed by atoms with van der Waals surface area (Å²) in [7, 11) is -3.78. The van der Waals surface area contributed by atoms with Crippen LogP contribution in [0.3, 0.4) is 0 Å². The number of sulfonamides is 1. The molecule has 3 N–H and O–H groups in total. The van der Waals surface area contributed by atoms with E-state index in [1.165, 1.54) is 36.4 Å². The van der Waals surface area contributed by atoms with Crippen LogP contribution in [0.5, 0.6) is 5.75 Å². The molecule has 4 rings (SSSR count). The lowest BCUT2D eigenvalue weighted by Gasteiger charge is -2.13. The van der Waals surface area contributed by atoms with Crippen molar-refractivity contribution in [3.63, 3.8) is 0 Å². The zero-order valence-electron chi connectivity index (χ0n) is 19.1. The van der Waals surface area contributed by atoms with E-state index in [0.29, 0.717) is 29.3 Å². The molecule has 0 saturated carbocycles. The summed E-state index contributed by atoms with van der Waals surface area (Å²) in [5.41, 5.74) is 7.54. The Hall–Kier alpha value is -4.30. The van der Waals surface area contributed by atoms with Gasteiger partial charge < -0.3 is 4.74 Å². The Labute approximate surface area is 204 Å². The molecule has 178 valence electrons. The van der Waals surface area contributed by atoms with Gasteiger partial charge >= 0.3 is 0 Å². The number of ether oxygens (including phenoxy) is 1. The molecule has 0 bridgehead atoms. The first kappa shape index (κ1) is 23.8. The molecule has 0 radical (unpaired) electrons. The molecule has 0 heterocycles. The molecule has 0 unspecified atom stereocenters. The molecule has 0 aliphatic rings. The summed E-state index contributed by atoms with van der Waals surface area (Å²) >= 11 is 0. The Morgan fingerprint density at radius 1 is 0.829 bits per heavy atom. The van der Waals surface area contributed by atoms with Gasteiger partial charge in [-0.15, -0.1) is 0 Å². The van der Waals surface area contributed by atoms with Crippen molar-refractivity contribution in [2.24, 2.45) is 0 Å². The number of hydrogen-bond donors (Lipinski definition) is 3. The van der Waals surface area contributed by atoms with Crippen LogP contribution in [0.2, 0.25) is 0 Å². The fourth-order valence-corrected chi connectivity index (χ4v) is 4.50. The van der Waals surface area contributed by atoms with E-state index in [0.717, 1.165) is 16.3 Å². The molecule has 0 fully saturated rings. The highest BCUT2D eigenvalue weighted by atomic mass is 32.2. The van der Waals surface area contributed by atoms with Crippen molar-refractivity contribution < 1.29 is 17.9 Å². The molecule has 0 aliphatic heterocycles. The first-order valence-corrected chi connectivity index (χ1v) is 12.4. The standard InChI is InChI=1S/C27H25N3O4S/c1-3-34-25-14-16-26(17-15-25)35(32,33)30-24-12-10-21(11-13-24)27(31)29-28-19(2)22-9-8-20-6-4-5-7-23(20)18-22/h4-18,28,30H,2-3H2,1H3,(H,29,31). The van der Waals surface area contributed by atoms with E-state index in [1.54, 1.807) is 12.1 Å². The summed E-state index contributed by atoms with van der Waals surface area (Å²) in [6.45, 7) is 6.34. The fraction of sp³-hybridized carbons (Fsp3) is 0.0741. The molecule has 0 atom stereocenters. The number of anilines is 1. The average molecular weight is 488 g/mol. The van der Waals surface area contributed by atoms with Crippen molar-refractivity contribution in [1.82, 2.24) is 10.9 Å². The number of amides is 1. The minimum atomic E-state index is -3.78. The first-order valence-electron chi connectivity index (χ1n) is 11.0. The lowest BCUT2D eigenvalue weighted by atomic mass is 10.1. The van der Waals surface area contributed by atoms with Crippen LogP contribution in [0.4, 0.5) is 5.69 Å². The van der Waals surface area contributed by atoms with Crippen molar-refractivity contribution in [2.45, 2.75) is 11.8 Å². The van der Waals surface area contributed by atoms with Crippen molar-refractivity contribution in [2.75, 3.05) is 11.3 Å². The Kier molecular flexibility index (Phi) is 7.03. The maximum absolute atomic E-state index is 12.6. The quantitative estimate of drug-likeness (QED) is 0.291. The van der Waals surface area contributed by atoms with Gasteiger partial charge in [0.05, 0.1) is 17.2 Å². The van der Waals surface area contributed by atoms with Crippen molar-refractivity contribution in [3.8, 4) is 5.75 Å². The third-order valence-electron chi connectivity index (χ3n) is 5.27. The number of rotatable bonds is 9. The van der Waals surface area contributed by atoms with E-state index < -0.39 is 10.0 Å². The number of nitrogens with one attached hydrogen (secondary N) is 3. The van der Waals surface area contributed by atoms with E-state index in [-0.39, 0.29) is 10.8 Å². The second kappa shape index (κ2) is 10.3. The fourth-order valence-electron chi connectivity index (χ4n) is 3.44. The number of hydrazine groups is 1. The first-order chi connectivity index (χ1) is 16.9.